The molecule has 3 nitrogen and oxygen atoms in total. The van der Waals surface area contributed by atoms with Crippen LogP contribution < -0.4 is 0 Å². The van der Waals surface area contributed by atoms with Crippen LogP contribution in [0.3, 0.4) is 0 Å². The van der Waals surface area contributed by atoms with Gasteiger partial charge in [0.25, 0.3) is 0 Å². The fourth-order valence-corrected chi connectivity index (χ4v) is 1.60. The van der Waals surface area contributed by atoms with Crippen molar-refractivity contribution in [1.29, 1.82) is 0 Å². The number of aldehydes is 1. The number of allylic oxidation sites excluding steroid dienone is 1. The molecule has 16 heavy (non-hydrogen) atoms. The second-order valence-corrected chi connectivity index (χ2v) is 3.62. The molecule has 0 aliphatic carbocycles. The Bertz CT molecular complexity index is 492. The van der Waals surface area contributed by atoms with Crippen molar-refractivity contribution in [2.45, 2.75) is 19.8 Å². The van der Waals surface area contributed by atoms with Gasteiger partial charge in [-0.3, -0.25) is 9.78 Å². The van der Waals surface area contributed by atoms with Crippen molar-refractivity contribution in [3.63, 3.8) is 0 Å². The van der Waals surface area contributed by atoms with Crippen molar-refractivity contribution in [1.82, 2.24) is 4.98 Å². The zero-order valence-electron chi connectivity index (χ0n) is 9.14. The van der Waals surface area contributed by atoms with Gasteiger partial charge in [0.2, 0.25) is 0 Å². The summed E-state index contributed by atoms with van der Waals surface area (Å²) in [6.45, 7) is 2.04. The summed E-state index contributed by atoms with van der Waals surface area (Å²) in [5, 5.41) is 0. The standard InChI is InChI=1S/C13H13NO2/c1-2-4-10(9-15)7-11-8-12-13(16-11)5-3-6-14-12/h3,5-9H,2,4H2,1H3/b10-7+. The third-order valence-electron chi connectivity index (χ3n) is 2.32. The van der Waals surface area contributed by atoms with Gasteiger partial charge in [0.15, 0.2) is 5.58 Å². The van der Waals surface area contributed by atoms with Crippen molar-refractivity contribution in [2.24, 2.45) is 0 Å². The number of rotatable bonds is 4. The quantitative estimate of drug-likeness (QED) is 0.581. The lowest BCUT2D eigenvalue weighted by Crippen LogP contribution is -1.82. The fourth-order valence-electron chi connectivity index (χ4n) is 1.60. The maximum Gasteiger partial charge on any atom is 0.153 e. The highest BCUT2D eigenvalue weighted by Gasteiger charge is 2.02. The Kier molecular flexibility index (Phi) is 3.15. The first-order valence-electron chi connectivity index (χ1n) is 5.34. The number of aromatic nitrogens is 1. The molecule has 82 valence electrons. The van der Waals surface area contributed by atoms with E-state index in [-0.39, 0.29) is 0 Å². The van der Waals surface area contributed by atoms with Gasteiger partial charge < -0.3 is 4.42 Å². The number of nitrogens with zero attached hydrogens (tertiary/aromatic N) is 1. The van der Waals surface area contributed by atoms with E-state index >= 15 is 0 Å². The van der Waals surface area contributed by atoms with E-state index in [9.17, 15) is 4.79 Å². The van der Waals surface area contributed by atoms with Crippen LogP contribution in [-0.4, -0.2) is 11.3 Å². The van der Waals surface area contributed by atoms with E-state index in [1.165, 1.54) is 0 Å². The highest BCUT2D eigenvalue weighted by atomic mass is 16.3. The number of furan rings is 1. The van der Waals surface area contributed by atoms with Crippen LogP contribution in [0.4, 0.5) is 0 Å². The molecule has 2 rings (SSSR count). The van der Waals surface area contributed by atoms with Crippen LogP contribution in [0.25, 0.3) is 17.2 Å². The lowest BCUT2D eigenvalue weighted by Gasteiger charge is -1.93. The highest BCUT2D eigenvalue weighted by Crippen LogP contribution is 2.19. The van der Waals surface area contributed by atoms with E-state index in [2.05, 4.69) is 4.98 Å². The summed E-state index contributed by atoms with van der Waals surface area (Å²) in [5.41, 5.74) is 2.31. The van der Waals surface area contributed by atoms with Crippen LogP contribution in [0, 0.1) is 0 Å². The molecule has 0 bridgehead atoms. The third kappa shape index (κ3) is 2.19. The molecule has 3 heteroatoms. The van der Waals surface area contributed by atoms with Crippen molar-refractivity contribution < 1.29 is 9.21 Å². The van der Waals surface area contributed by atoms with E-state index < -0.39 is 0 Å². The maximum absolute atomic E-state index is 10.8. The molecule has 0 saturated carbocycles. The van der Waals surface area contributed by atoms with Gasteiger partial charge in [0.1, 0.15) is 17.6 Å². The van der Waals surface area contributed by atoms with Gasteiger partial charge in [-0.15, -0.1) is 0 Å². The van der Waals surface area contributed by atoms with Crippen LogP contribution in [0.15, 0.2) is 34.4 Å². The number of hydrogen-bond donors (Lipinski definition) is 0. The number of carbonyl (C=O) groups excluding carboxylic acids is 1. The second-order valence-electron chi connectivity index (χ2n) is 3.62. The minimum Gasteiger partial charge on any atom is -0.455 e. The number of pyridine rings is 1. The molecule has 2 heterocycles. The summed E-state index contributed by atoms with van der Waals surface area (Å²) >= 11 is 0. The molecule has 2 aromatic rings. The molecule has 0 aromatic carbocycles. The Morgan fingerprint density at radius 1 is 1.56 bits per heavy atom. The Labute approximate surface area is 93.8 Å². The summed E-state index contributed by atoms with van der Waals surface area (Å²) in [7, 11) is 0. The molecule has 0 radical (unpaired) electrons. The lowest BCUT2D eigenvalue weighted by molar-refractivity contribution is -0.105. The Morgan fingerprint density at radius 2 is 2.44 bits per heavy atom. The first kappa shape index (κ1) is 10.6. The van der Waals surface area contributed by atoms with Crippen LogP contribution in [0.2, 0.25) is 0 Å². The summed E-state index contributed by atoms with van der Waals surface area (Å²) in [6.07, 6.45) is 6.09. The third-order valence-corrected chi connectivity index (χ3v) is 2.32. The second kappa shape index (κ2) is 4.75. The monoisotopic (exact) mass is 215 g/mol. The first-order chi connectivity index (χ1) is 7.83. The predicted molar refractivity (Wildman–Crippen MR) is 63.0 cm³/mol. The van der Waals surface area contributed by atoms with E-state index in [1.54, 1.807) is 12.3 Å². The van der Waals surface area contributed by atoms with Gasteiger partial charge in [-0.2, -0.15) is 0 Å². The molecular formula is C13H13NO2. The molecule has 0 unspecified atom stereocenters. The smallest absolute Gasteiger partial charge is 0.153 e. The topological polar surface area (TPSA) is 43.1 Å². The minimum atomic E-state index is 0.684. The van der Waals surface area contributed by atoms with Crippen molar-refractivity contribution >= 4 is 23.5 Å². The van der Waals surface area contributed by atoms with Gasteiger partial charge >= 0.3 is 0 Å². The molecule has 0 aliphatic heterocycles. The maximum atomic E-state index is 10.8. The molecule has 0 amide bonds. The average Bonchev–Trinajstić information content (AvgIpc) is 2.70. The molecule has 2 aromatic heterocycles. The molecule has 0 aliphatic rings. The average molecular weight is 215 g/mol. The summed E-state index contributed by atoms with van der Waals surface area (Å²) in [6, 6.07) is 5.53. The largest absolute Gasteiger partial charge is 0.455 e. The van der Waals surface area contributed by atoms with Gasteiger partial charge in [-0.1, -0.05) is 13.3 Å². The van der Waals surface area contributed by atoms with Gasteiger partial charge in [-0.05, 0) is 30.2 Å². The van der Waals surface area contributed by atoms with Crippen LogP contribution in [-0.2, 0) is 4.79 Å². The van der Waals surface area contributed by atoms with Crippen molar-refractivity contribution in [3.05, 3.63) is 35.7 Å². The molecular weight excluding hydrogens is 202 g/mol. The van der Waals surface area contributed by atoms with Gasteiger partial charge in [0, 0.05) is 12.3 Å². The molecule has 0 N–H and O–H groups in total. The molecule has 0 saturated heterocycles. The number of fused-ring (bicyclic) bond motifs is 1. The Balaban J connectivity index is 2.36. The number of carbonyl (C=O) groups is 1. The van der Waals surface area contributed by atoms with Crippen LogP contribution >= 0.6 is 0 Å². The van der Waals surface area contributed by atoms with Crippen molar-refractivity contribution in [2.75, 3.05) is 0 Å². The van der Waals surface area contributed by atoms with Gasteiger partial charge in [-0.25, -0.2) is 0 Å². The first-order valence-corrected chi connectivity index (χ1v) is 5.34. The molecule has 0 atom stereocenters. The van der Waals surface area contributed by atoms with E-state index in [0.29, 0.717) is 5.76 Å². The van der Waals surface area contributed by atoms with Crippen LogP contribution in [0.5, 0.6) is 0 Å². The zero-order chi connectivity index (χ0) is 11.4. The normalized spacial score (nSPS) is 11.9. The van der Waals surface area contributed by atoms with Gasteiger partial charge in [0.05, 0.1) is 0 Å². The summed E-state index contributed by atoms with van der Waals surface area (Å²) in [4.78, 5) is 15.0. The highest BCUT2D eigenvalue weighted by molar-refractivity contribution is 5.83. The summed E-state index contributed by atoms with van der Waals surface area (Å²) in [5.74, 6) is 0.684. The minimum absolute atomic E-state index is 0.684. The lowest BCUT2D eigenvalue weighted by atomic mass is 10.1. The number of hydrogen-bond acceptors (Lipinski definition) is 3. The van der Waals surface area contributed by atoms with Crippen LogP contribution in [0.1, 0.15) is 25.5 Å². The van der Waals surface area contributed by atoms with Crippen molar-refractivity contribution in [3.8, 4) is 0 Å². The molecule has 0 spiro atoms. The van der Waals surface area contributed by atoms with E-state index in [0.717, 1.165) is 35.8 Å². The summed E-state index contributed by atoms with van der Waals surface area (Å²) < 4.78 is 5.55. The predicted octanol–water partition coefficient (Wildman–Crippen LogP) is 3.21. The Hall–Kier alpha value is -1.90. The van der Waals surface area contributed by atoms with E-state index in [1.807, 2.05) is 25.1 Å². The SMILES string of the molecule is CCC/C(C=O)=C\c1cc2ncccc2o1. The van der Waals surface area contributed by atoms with E-state index in [4.69, 9.17) is 4.42 Å². The zero-order valence-corrected chi connectivity index (χ0v) is 9.14. The molecule has 0 fully saturated rings. The fraction of sp³-hybridized carbons (Fsp3) is 0.231. The Morgan fingerprint density at radius 3 is 3.12 bits per heavy atom.